The van der Waals surface area contributed by atoms with Gasteiger partial charge < -0.3 is 9.80 Å². The van der Waals surface area contributed by atoms with Gasteiger partial charge in [-0.1, -0.05) is 350 Å². The number of nitrogens with zero attached hydrogens (tertiary/aromatic N) is 2. The lowest BCUT2D eigenvalue weighted by Crippen LogP contribution is -2.26. The van der Waals surface area contributed by atoms with Crippen molar-refractivity contribution in [2.24, 2.45) is 0 Å². The smallest absolute Gasteiger partial charge is 0.0725 e. The molecule has 0 heterocycles. The molecule has 0 amide bonds. The number of hydrogen-bond donors (Lipinski definition) is 0. The second-order valence-corrected chi connectivity index (χ2v) is 38.7. The second-order valence-electron chi connectivity index (χ2n) is 38.7. The van der Waals surface area contributed by atoms with E-state index < -0.39 is 5.41 Å². The molecule has 1 spiro atoms. The zero-order chi connectivity index (χ0) is 81.9. The van der Waals surface area contributed by atoms with Crippen molar-refractivity contribution < 1.29 is 0 Å². The van der Waals surface area contributed by atoms with Crippen molar-refractivity contribution >= 4 is 58.4 Å². The maximum atomic E-state index is 2.53. The van der Waals surface area contributed by atoms with Gasteiger partial charge in [0.05, 0.1) is 5.41 Å². The Bertz CT molecular complexity index is 6700. The van der Waals surface area contributed by atoms with Gasteiger partial charge in [-0.15, -0.1) is 0 Å². The van der Waals surface area contributed by atoms with Gasteiger partial charge in [-0.3, -0.25) is 0 Å². The van der Waals surface area contributed by atoms with E-state index in [1.54, 1.807) is 0 Å². The molecule has 24 rings (SSSR count). The molecule has 16 aromatic rings. The van der Waals surface area contributed by atoms with Crippen molar-refractivity contribution in [2.75, 3.05) is 9.80 Å². The Hall–Kier alpha value is -13.4. The van der Waals surface area contributed by atoms with Crippen LogP contribution in [0.1, 0.15) is 194 Å². The summed E-state index contributed by atoms with van der Waals surface area (Å²) >= 11 is 0. The minimum atomic E-state index is -0.529. The van der Waals surface area contributed by atoms with Gasteiger partial charge in [0, 0.05) is 66.6 Å². The molecule has 0 aromatic heterocycles. The van der Waals surface area contributed by atoms with E-state index in [0.29, 0.717) is 0 Å². The zero-order valence-corrected chi connectivity index (χ0v) is 70.9. The first kappa shape index (κ1) is 71.7. The highest BCUT2D eigenvalue weighted by Gasteiger charge is 2.52. The summed E-state index contributed by atoms with van der Waals surface area (Å²) in [6, 6.07) is 127. The zero-order valence-electron chi connectivity index (χ0n) is 70.9. The van der Waals surface area contributed by atoms with Crippen LogP contribution in [0.3, 0.4) is 0 Å². The summed E-state index contributed by atoms with van der Waals surface area (Å²) in [7, 11) is 0. The van der Waals surface area contributed by atoms with Crippen LogP contribution < -0.4 is 9.80 Å². The SMILES string of the molecule is CC1(C)c2ccccc2-c2ccc(N(c3ccc4c(c3)C(C)(C)c3ccccc3-4)c3ccc4c(c3)C(C)(C)c3cc(C=Cc5ccc6c(c5)C5(c7ccccc7-c7ccccc75)c5cc(C=Cc7ccc8c(c7)C(C)(C)c7cc(N(c9ccc%10c(c9)C(C)(C)c9ccccc9-%10)c9ccc%10c(c9)C(C)(C)c9ccccc9-%10)ccc7-8)ccc5-6)ccc3-4)cc21. The number of benzene rings is 16. The summed E-state index contributed by atoms with van der Waals surface area (Å²) in [5, 5.41) is 0. The van der Waals surface area contributed by atoms with Gasteiger partial charge in [0.25, 0.3) is 0 Å². The third-order valence-corrected chi connectivity index (χ3v) is 30.3. The van der Waals surface area contributed by atoms with Gasteiger partial charge in [-0.05, 0) is 285 Å². The topological polar surface area (TPSA) is 6.48 Å². The van der Waals surface area contributed by atoms with E-state index in [0.717, 1.165) is 11.4 Å². The molecular weight excluding hydrogens is 1460 g/mol. The fourth-order valence-electron chi connectivity index (χ4n) is 24.0. The monoisotopic (exact) mass is 1550 g/mol. The highest BCUT2D eigenvalue weighted by molar-refractivity contribution is 5.99. The van der Waals surface area contributed by atoms with Crippen LogP contribution in [0.25, 0.3) is 113 Å². The molecule has 0 saturated heterocycles. The van der Waals surface area contributed by atoms with Crippen LogP contribution in [0.5, 0.6) is 0 Å². The first-order chi connectivity index (χ1) is 58.5. The highest BCUT2D eigenvalue weighted by atomic mass is 15.1. The van der Waals surface area contributed by atoms with Gasteiger partial charge >= 0.3 is 0 Å². The van der Waals surface area contributed by atoms with Gasteiger partial charge in [0.15, 0.2) is 0 Å². The molecule has 0 fully saturated rings. The molecular formula is C119H94N2. The van der Waals surface area contributed by atoms with Crippen molar-refractivity contribution in [3.63, 3.8) is 0 Å². The van der Waals surface area contributed by atoms with Crippen LogP contribution in [-0.2, 0) is 37.9 Å². The molecule has 0 saturated carbocycles. The first-order valence-electron chi connectivity index (χ1n) is 43.5. The number of hydrogen-bond acceptors (Lipinski definition) is 2. The van der Waals surface area contributed by atoms with E-state index in [4.69, 9.17) is 0 Å². The Balaban J connectivity index is 0.546. The van der Waals surface area contributed by atoms with Crippen molar-refractivity contribution in [2.45, 2.75) is 121 Å². The van der Waals surface area contributed by atoms with E-state index in [-0.39, 0.29) is 32.5 Å². The molecule has 2 heteroatoms. The molecule has 2 nitrogen and oxygen atoms in total. The van der Waals surface area contributed by atoms with Gasteiger partial charge in [0.2, 0.25) is 0 Å². The summed E-state index contributed by atoms with van der Waals surface area (Å²) in [4.78, 5) is 5.07. The summed E-state index contributed by atoms with van der Waals surface area (Å²) in [6.07, 6.45) is 9.40. The molecule has 0 atom stereocenters. The Labute approximate surface area is 712 Å². The van der Waals surface area contributed by atoms with Crippen molar-refractivity contribution in [1.82, 2.24) is 0 Å². The lowest BCUT2D eigenvalue weighted by Gasteiger charge is -2.31. The predicted molar refractivity (Wildman–Crippen MR) is 508 cm³/mol. The predicted octanol–water partition coefficient (Wildman–Crippen LogP) is 31.1. The summed E-state index contributed by atoms with van der Waals surface area (Å²) < 4.78 is 0. The summed E-state index contributed by atoms with van der Waals surface area (Å²) in [5.74, 6) is 0. The maximum absolute atomic E-state index is 2.53. The highest BCUT2D eigenvalue weighted by Crippen LogP contribution is 2.65. The number of fused-ring (bicyclic) bond motifs is 28. The van der Waals surface area contributed by atoms with E-state index >= 15 is 0 Å². The summed E-state index contributed by atoms with van der Waals surface area (Å²) in [6.45, 7) is 28.9. The molecule has 16 aromatic carbocycles. The second kappa shape index (κ2) is 24.9. The van der Waals surface area contributed by atoms with Gasteiger partial charge in [-0.2, -0.15) is 0 Å². The van der Waals surface area contributed by atoms with E-state index in [1.807, 2.05) is 0 Å². The molecule has 0 bridgehead atoms. The summed E-state index contributed by atoms with van der Waals surface area (Å²) in [5.41, 5.74) is 52.8. The van der Waals surface area contributed by atoms with E-state index in [1.165, 1.54) is 223 Å². The maximum Gasteiger partial charge on any atom is 0.0725 e. The minimum Gasteiger partial charge on any atom is -0.310 e. The minimum absolute atomic E-state index is 0.148. The van der Waals surface area contributed by atoms with Crippen LogP contribution in [0, 0.1) is 0 Å². The molecule has 8 aliphatic carbocycles. The molecule has 0 aliphatic heterocycles. The lowest BCUT2D eigenvalue weighted by molar-refractivity contribution is 0.659. The van der Waals surface area contributed by atoms with E-state index in [9.17, 15) is 0 Å². The van der Waals surface area contributed by atoms with Crippen molar-refractivity contribution in [3.05, 3.63) is 439 Å². The fourth-order valence-corrected chi connectivity index (χ4v) is 24.0. The van der Waals surface area contributed by atoms with Crippen LogP contribution in [0.15, 0.2) is 328 Å². The van der Waals surface area contributed by atoms with E-state index in [2.05, 4.69) is 445 Å². The standard InChI is InChI=1S/C119H94N2/c1-113(2)97-31-19-13-25-81(97)89-55-45-75(65-105(89)113)120(76-46-56-90-82-26-14-20-32-98(82)114(3,4)106(90)66-76)79-49-59-93-87-51-41-71(61-103(87)117(9,10)109(93)69-79)37-39-73-43-53-95-96-54-44-74(64-112(96)119(111(95)63-73)101-35-23-17-29-85(101)86-30-18-24-36-102(86)119)40-38-72-42-52-88-94-60-50-80(70-110(94)118(11,12)104(88)62-72)121(77-47-57-91-83-27-15-21-33-99(83)115(5,6)107(91)67-77)78-48-58-92-84-28-16-22-34-100(84)116(7,8)108(92)68-78/h13-70H,1-12H3. The molecule has 0 N–H and O–H groups in total. The first-order valence-corrected chi connectivity index (χ1v) is 43.5. The third-order valence-electron chi connectivity index (χ3n) is 30.3. The molecule has 580 valence electrons. The Morgan fingerprint density at radius 2 is 0.306 bits per heavy atom. The van der Waals surface area contributed by atoms with Crippen LogP contribution in [0.2, 0.25) is 0 Å². The Morgan fingerprint density at radius 1 is 0.149 bits per heavy atom. The van der Waals surface area contributed by atoms with Crippen LogP contribution in [-0.4, -0.2) is 0 Å². The van der Waals surface area contributed by atoms with Crippen LogP contribution in [0.4, 0.5) is 34.1 Å². The van der Waals surface area contributed by atoms with Crippen molar-refractivity contribution in [1.29, 1.82) is 0 Å². The third kappa shape index (κ3) is 9.82. The van der Waals surface area contributed by atoms with Crippen molar-refractivity contribution in [3.8, 4) is 89.0 Å². The number of rotatable bonds is 10. The average molecular weight is 1550 g/mol. The molecule has 8 aliphatic rings. The number of anilines is 6. The Morgan fingerprint density at radius 3 is 0.537 bits per heavy atom. The molecule has 0 radical (unpaired) electrons. The molecule has 121 heavy (non-hydrogen) atoms. The van der Waals surface area contributed by atoms with Crippen LogP contribution >= 0.6 is 0 Å². The normalized spacial score (nSPS) is 16.5. The Kier molecular flexibility index (Phi) is 14.7. The largest absolute Gasteiger partial charge is 0.310 e. The fraction of sp³-hybridized carbons (Fsp3) is 0.160. The average Bonchev–Trinajstić information content (AvgIpc) is 1.50. The lowest BCUT2D eigenvalue weighted by atomic mass is 9.70. The molecule has 0 unspecified atom stereocenters. The van der Waals surface area contributed by atoms with Gasteiger partial charge in [-0.25, -0.2) is 0 Å². The quantitative estimate of drug-likeness (QED) is 0.126. The van der Waals surface area contributed by atoms with Gasteiger partial charge in [0.1, 0.15) is 0 Å².